The summed E-state index contributed by atoms with van der Waals surface area (Å²) in [6, 6.07) is 0. The van der Waals surface area contributed by atoms with E-state index in [1.807, 2.05) is 0 Å². The molecule has 2 N–H and O–H groups in total. The van der Waals surface area contributed by atoms with Crippen molar-refractivity contribution in [2.45, 2.75) is 12.2 Å². The van der Waals surface area contributed by atoms with Gasteiger partial charge in [-0.1, -0.05) is 5.16 Å². The van der Waals surface area contributed by atoms with Gasteiger partial charge in [0.05, 0.1) is 5.75 Å². The van der Waals surface area contributed by atoms with Crippen LogP contribution in [0.2, 0.25) is 0 Å². The van der Waals surface area contributed by atoms with Gasteiger partial charge in [-0.25, -0.2) is 8.42 Å². The van der Waals surface area contributed by atoms with E-state index in [9.17, 15) is 8.42 Å². The van der Waals surface area contributed by atoms with E-state index in [1.165, 1.54) is 0 Å². The third-order valence-corrected chi connectivity index (χ3v) is 3.44. The molecule has 6 heteroatoms. The normalized spacial score (nSPS) is 20.3. The molecule has 0 radical (unpaired) electrons. The second kappa shape index (κ2) is 2.22. The summed E-state index contributed by atoms with van der Waals surface area (Å²) < 4.78 is 27.0. The van der Waals surface area contributed by atoms with E-state index in [0.717, 1.165) is 5.56 Å². The van der Waals surface area contributed by atoms with Crippen molar-refractivity contribution in [2.75, 3.05) is 11.5 Å². The van der Waals surface area contributed by atoms with Crippen molar-refractivity contribution in [1.29, 1.82) is 0 Å². The van der Waals surface area contributed by atoms with Crippen LogP contribution in [0.25, 0.3) is 0 Å². The SMILES string of the molecule is Nc1noc2c1CCS(=O)(=O)C2. The van der Waals surface area contributed by atoms with Crippen molar-refractivity contribution in [1.82, 2.24) is 5.16 Å². The Labute approximate surface area is 69.5 Å². The molecule has 0 fully saturated rings. The van der Waals surface area contributed by atoms with Crippen LogP contribution in [0.15, 0.2) is 4.52 Å². The number of rotatable bonds is 0. The van der Waals surface area contributed by atoms with Crippen LogP contribution < -0.4 is 5.73 Å². The van der Waals surface area contributed by atoms with Gasteiger partial charge in [-0.05, 0) is 6.42 Å². The lowest BCUT2D eigenvalue weighted by molar-refractivity contribution is 0.392. The summed E-state index contributed by atoms with van der Waals surface area (Å²) in [4.78, 5) is 0. The highest BCUT2D eigenvalue weighted by Gasteiger charge is 2.26. The second-order valence-corrected chi connectivity index (χ2v) is 5.00. The molecule has 1 aromatic heterocycles. The summed E-state index contributed by atoms with van der Waals surface area (Å²) in [7, 11) is -2.97. The zero-order chi connectivity index (χ0) is 8.77. The molecule has 1 aliphatic rings. The molecule has 1 aromatic rings. The number of sulfone groups is 1. The summed E-state index contributed by atoms with van der Waals surface area (Å²) in [6.07, 6.45) is 0.424. The number of anilines is 1. The molecule has 5 nitrogen and oxygen atoms in total. The Hall–Kier alpha value is -1.04. The van der Waals surface area contributed by atoms with Gasteiger partial charge < -0.3 is 10.3 Å². The molecule has 0 bridgehead atoms. The molecular weight excluding hydrogens is 180 g/mol. The van der Waals surface area contributed by atoms with E-state index >= 15 is 0 Å². The van der Waals surface area contributed by atoms with E-state index in [-0.39, 0.29) is 11.5 Å². The fraction of sp³-hybridized carbons (Fsp3) is 0.500. The summed E-state index contributed by atoms with van der Waals surface area (Å²) in [5.74, 6) is 0.802. The van der Waals surface area contributed by atoms with Gasteiger partial charge in [0.15, 0.2) is 21.4 Å². The molecule has 0 spiro atoms. The maximum Gasteiger partial charge on any atom is 0.170 e. The number of aromatic nitrogens is 1. The van der Waals surface area contributed by atoms with Gasteiger partial charge in [0.1, 0.15) is 5.75 Å². The van der Waals surface area contributed by atoms with Gasteiger partial charge in [0, 0.05) is 5.56 Å². The quantitative estimate of drug-likeness (QED) is 0.605. The summed E-state index contributed by atoms with van der Waals surface area (Å²) in [5, 5.41) is 3.50. The Morgan fingerprint density at radius 1 is 1.50 bits per heavy atom. The first kappa shape index (κ1) is 7.60. The molecule has 0 saturated heterocycles. The van der Waals surface area contributed by atoms with Crippen LogP contribution in [0.5, 0.6) is 0 Å². The summed E-state index contributed by atoms with van der Waals surface area (Å²) in [5.41, 5.74) is 6.20. The lowest BCUT2D eigenvalue weighted by atomic mass is 10.2. The molecule has 66 valence electrons. The van der Waals surface area contributed by atoms with Gasteiger partial charge in [-0.3, -0.25) is 0 Å². The van der Waals surface area contributed by atoms with Crippen molar-refractivity contribution in [3.8, 4) is 0 Å². The van der Waals surface area contributed by atoms with E-state index in [4.69, 9.17) is 10.3 Å². The van der Waals surface area contributed by atoms with Gasteiger partial charge >= 0.3 is 0 Å². The molecule has 0 aromatic carbocycles. The van der Waals surface area contributed by atoms with Crippen LogP contribution in [0.4, 0.5) is 5.82 Å². The molecule has 0 saturated carbocycles. The first-order valence-electron chi connectivity index (χ1n) is 3.52. The van der Waals surface area contributed by atoms with Crippen molar-refractivity contribution in [3.05, 3.63) is 11.3 Å². The predicted molar refractivity (Wildman–Crippen MR) is 42.1 cm³/mol. The Bertz CT molecular complexity index is 406. The topological polar surface area (TPSA) is 86.2 Å². The van der Waals surface area contributed by atoms with Crippen molar-refractivity contribution < 1.29 is 12.9 Å². The van der Waals surface area contributed by atoms with Crippen LogP contribution in [0.3, 0.4) is 0 Å². The van der Waals surface area contributed by atoms with E-state index < -0.39 is 9.84 Å². The van der Waals surface area contributed by atoms with Crippen LogP contribution in [-0.4, -0.2) is 19.3 Å². The lowest BCUT2D eigenvalue weighted by Gasteiger charge is -2.08. The highest BCUT2D eigenvalue weighted by Crippen LogP contribution is 2.24. The summed E-state index contributed by atoms with van der Waals surface area (Å²) in [6.45, 7) is 0. The van der Waals surface area contributed by atoms with Crippen LogP contribution in [0.1, 0.15) is 11.3 Å². The first-order chi connectivity index (χ1) is 5.58. The maximum atomic E-state index is 11.1. The fourth-order valence-electron chi connectivity index (χ4n) is 1.27. The van der Waals surface area contributed by atoms with Gasteiger partial charge in [-0.2, -0.15) is 0 Å². The Balaban J connectivity index is 2.50. The smallest absolute Gasteiger partial charge is 0.170 e. The Morgan fingerprint density at radius 3 is 3.00 bits per heavy atom. The summed E-state index contributed by atoms with van der Waals surface area (Å²) >= 11 is 0. The number of hydrogen-bond acceptors (Lipinski definition) is 5. The van der Waals surface area contributed by atoms with Crippen LogP contribution in [0, 0.1) is 0 Å². The average molecular weight is 188 g/mol. The zero-order valence-electron chi connectivity index (χ0n) is 6.28. The standard InChI is InChI=1S/C6H8N2O3S/c7-6-4-1-2-12(9,10)3-5(4)11-8-6/h1-3H2,(H2,7,8). The average Bonchev–Trinajstić information content (AvgIpc) is 2.30. The molecule has 2 heterocycles. The number of nitrogens with two attached hydrogens (primary N) is 1. The molecular formula is C6H8N2O3S. The molecule has 2 rings (SSSR count). The van der Waals surface area contributed by atoms with E-state index in [2.05, 4.69) is 5.16 Å². The number of nitrogen functional groups attached to an aromatic ring is 1. The lowest BCUT2D eigenvalue weighted by Crippen LogP contribution is -2.18. The van der Waals surface area contributed by atoms with Crippen molar-refractivity contribution in [3.63, 3.8) is 0 Å². The highest BCUT2D eigenvalue weighted by molar-refractivity contribution is 7.90. The molecule has 12 heavy (non-hydrogen) atoms. The minimum atomic E-state index is -2.97. The van der Waals surface area contributed by atoms with Crippen LogP contribution >= 0.6 is 0 Å². The first-order valence-corrected chi connectivity index (χ1v) is 5.34. The monoisotopic (exact) mass is 188 g/mol. The third kappa shape index (κ3) is 1.08. The third-order valence-electron chi connectivity index (χ3n) is 1.91. The highest BCUT2D eigenvalue weighted by atomic mass is 32.2. The fourth-order valence-corrected chi connectivity index (χ4v) is 2.55. The largest absolute Gasteiger partial charge is 0.381 e. The Kier molecular flexibility index (Phi) is 1.41. The van der Waals surface area contributed by atoms with E-state index in [1.54, 1.807) is 0 Å². The predicted octanol–water partition coefficient (Wildman–Crippen LogP) is -0.272. The molecule has 1 aliphatic heterocycles. The second-order valence-electron chi connectivity index (χ2n) is 2.81. The van der Waals surface area contributed by atoms with Gasteiger partial charge in [0.25, 0.3) is 0 Å². The van der Waals surface area contributed by atoms with Crippen molar-refractivity contribution >= 4 is 15.7 Å². The van der Waals surface area contributed by atoms with E-state index in [0.29, 0.717) is 18.0 Å². The molecule has 0 atom stereocenters. The van der Waals surface area contributed by atoms with Gasteiger partial charge in [-0.15, -0.1) is 0 Å². The number of fused-ring (bicyclic) bond motifs is 1. The Morgan fingerprint density at radius 2 is 2.25 bits per heavy atom. The number of hydrogen-bond donors (Lipinski definition) is 1. The molecule has 0 amide bonds. The van der Waals surface area contributed by atoms with Gasteiger partial charge in [0.2, 0.25) is 0 Å². The molecule has 0 aliphatic carbocycles. The maximum absolute atomic E-state index is 11.1. The molecule has 0 unspecified atom stereocenters. The zero-order valence-corrected chi connectivity index (χ0v) is 7.10. The van der Waals surface area contributed by atoms with Crippen molar-refractivity contribution in [2.24, 2.45) is 0 Å². The van der Waals surface area contributed by atoms with Crippen LogP contribution in [-0.2, 0) is 22.0 Å². The number of nitrogens with zero attached hydrogens (tertiary/aromatic N) is 1. The minimum Gasteiger partial charge on any atom is -0.381 e. The minimum absolute atomic E-state index is 0.0630.